The Labute approximate surface area is 152 Å². The molecule has 1 aliphatic heterocycles. The molecule has 2 aromatic carbocycles. The number of nitrogens with one attached hydrogen (secondary N) is 1. The number of likely N-dealkylation sites (tertiary alicyclic amines) is 1. The molecule has 5 heteroatoms. The largest absolute Gasteiger partial charge is 0.338 e. The first kappa shape index (κ1) is 17.9. The first-order valence-corrected chi connectivity index (χ1v) is 8.70. The van der Waals surface area contributed by atoms with Crippen molar-refractivity contribution in [3.8, 4) is 0 Å². The lowest BCUT2D eigenvalue weighted by atomic mass is 9.97. The summed E-state index contributed by atoms with van der Waals surface area (Å²) in [5.41, 5.74) is 1.52. The van der Waals surface area contributed by atoms with E-state index in [-0.39, 0.29) is 23.5 Å². The highest BCUT2D eigenvalue weighted by Crippen LogP contribution is 2.19. The van der Waals surface area contributed by atoms with Crippen molar-refractivity contribution >= 4 is 23.6 Å². The zero-order chi connectivity index (χ0) is 18.4. The molecule has 0 spiro atoms. The van der Waals surface area contributed by atoms with Crippen molar-refractivity contribution < 1.29 is 14.0 Å². The molecule has 0 saturated carbocycles. The molecule has 1 saturated heterocycles. The number of benzene rings is 2. The normalized spacial score (nSPS) is 17.3. The predicted molar refractivity (Wildman–Crippen MR) is 99.8 cm³/mol. The molecule has 1 fully saturated rings. The van der Waals surface area contributed by atoms with E-state index in [2.05, 4.69) is 5.32 Å². The van der Waals surface area contributed by atoms with Gasteiger partial charge in [-0.2, -0.15) is 0 Å². The number of halogens is 1. The van der Waals surface area contributed by atoms with Crippen molar-refractivity contribution in [1.82, 2.24) is 4.90 Å². The van der Waals surface area contributed by atoms with E-state index in [1.807, 2.05) is 30.3 Å². The van der Waals surface area contributed by atoms with Crippen LogP contribution in [0.15, 0.2) is 60.7 Å². The van der Waals surface area contributed by atoms with Crippen molar-refractivity contribution in [1.29, 1.82) is 0 Å². The molecule has 3 rings (SSSR count). The number of nitrogens with zero attached hydrogens (tertiary/aromatic N) is 1. The molecule has 1 heterocycles. The second-order valence-electron chi connectivity index (χ2n) is 6.36. The van der Waals surface area contributed by atoms with Crippen LogP contribution in [0.25, 0.3) is 6.08 Å². The molecule has 0 aliphatic carbocycles. The van der Waals surface area contributed by atoms with Gasteiger partial charge in [-0.1, -0.05) is 30.3 Å². The van der Waals surface area contributed by atoms with Gasteiger partial charge in [0, 0.05) is 24.9 Å². The highest BCUT2D eigenvalue weighted by molar-refractivity contribution is 5.95. The Morgan fingerprint density at radius 1 is 1.08 bits per heavy atom. The summed E-state index contributed by atoms with van der Waals surface area (Å²) < 4.78 is 12.9. The lowest BCUT2D eigenvalue weighted by molar-refractivity contribution is -0.130. The first-order chi connectivity index (χ1) is 12.6. The van der Waals surface area contributed by atoms with Gasteiger partial charge in [-0.15, -0.1) is 0 Å². The number of hydrogen-bond acceptors (Lipinski definition) is 2. The Kier molecular flexibility index (Phi) is 5.79. The molecule has 1 atom stereocenters. The van der Waals surface area contributed by atoms with Crippen LogP contribution >= 0.6 is 0 Å². The van der Waals surface area contributed by atoms with Crippen molar-refractivity contribution in [2.45, 2.75) is 12.8 Å². The summed E-state index contributed by atoms with van der Waals surface area (Å²) in [6, 6.07) is 15.3. The fourth-order valence-electron chi connectivity index (χ4n) is 3.00. The quantitative estimate of drug-likeness (QED) is 0.853. The van der Waals surface area contributed by atoms with Gasteiger partial charge >= 0.3 is 0 Å². The molecule has 0 aromatic heterocycles. The molecule has 4 nitrogen and oxygen atoms in total. The monoisotopic (exact) mass is 352 g/mol. The fraction of sp³-hybridized carbons (Fsp3) is 0.238. The lowest BCUT2D eigenvalue weighted by Crippen LogP contribution is -2.43. The van der Waals surface area contributed by atoms with Gasteiger partial charge in [0.25, 0.3) is 0 Å². The third-order valence-electron chi connectivity index (χ3n) is 4.43. The van der Waals surface area contributed by atoms with Crippen LogP contribution in [-0.2, 0) is 9.59 Å². The standard InChI is InChI=1S/C21H21FN2O2/c22-18-11-8-16(9-12-18)10-13-20(25)24-14-4-5-17(15-24)21(26)23-19-6-2-1-3-7-19/h1-3,6-13,17H,4-5,14-15H2,(H,23,26)/b13-10+. The number of anilines is 1. The summed E-state index contributed by atoms with van der Waals surface area (Å²) in [6.45, 7) is 1.05. The van der Waals surface area contributed by atoms with E-state index in [1.54, 1.807) is 23.1 Å². The van der Waals surface area contributed by atoms with Crippen molar-refractivity contribution in [3.63, 3.8) is 0 Å². The van der Waals surface area contributed by atoms with Gasteiger partial charge in [0.1, 0.15) is 5.82 Å². The molecule has 1 unspecified atom stereocenters. The average Bonchev–Trinajstić information content (AvgIpc) is 2.68. The summed E-state index contributed by atoms with van der Waals surface area (Å²) in [5.74, 6) is -0.716. The fourth-order valence-corrected chi connectivity index (χ4v) is 3.00. The molecular formula is C21H21FN2O2. The van der Waals surface area contributed by atoms with E-state index in [4.69, 9.17) is 0 Å². The summed E-state index contributed by atoms with van der Waals surface area (Å²) in [5, 5.41) is 2.90. The van der Waals surface area contributed by atoms with E-state index >= 15 is 0 Å². The summed E-state index contributed by atoms with van der Waals surface area (Å²) >= 11 is 0. The number of amides is 2. The van der Waals surface area contributed by atoms with Crippen LogP contribution in [0.5, 0.6) is 0 Å². The molecule has 26 heavy (non-hydrogen) atoms. The SMILES string of the molecule is O=C(Nc1ccccc1)C1CCCN(C(=O)/C=C/c2ccc(F)cc2)C1. The average molecular weight is 352 g/mol. The maximum atomic E-state index is 12.9. The van der Waals surface area contributed by atoms with Gasteiger partial charge in [0.2, 0.25) is 11.8 Å². The van der Waals surface area contributed by atoms with Gasteiger partial charge in [0.15, 0.2) is 0 Å². The minimum absolute atomic E-state index is 0.0591. The van der Waals surface area contributed by atoms with Gasteiger partial charge in [-0.3, -0.25) is 9.59 Å². The number of piperidine rings is 1. The van der Waals surface area contributed by atoms with Crippen LogP contribution < -0.4 is 5.32 Å². The van der Waals surface area contributed by atoms with Crippen LogP contribution in [-0.4, -0.2) is 29.8 Å². The zero-order valence-electron chi connectivity index (χ0n) is 14.4. The van der Waals surface area contributed by atoms with E-state index in [1.165, 1.54) is 18.2 Å². The Morgan fingerprint density at radius 3 is 2.54 bits per heavy atom. The minimum atomic E-state index is -0.309. The molecule has 1 N–H and O–H groups in total. The third-order valence-corrected chi connectivity index (χ3v) is 4.43. The summed E-state index contributed by atoms with van der Waals surface area (Å²) in [6.07, 6.45) is 4.70. The van der Waals surface area contributed by atoms with Crippen molar-refractivity contribution in [3.05, 3.63) is 72.1 Å². The van der Waals surface area contributed by atoms with Gasteiger partial charge in [-0.25, -0.2) is 4.39 Å². The van der Waals surface area contributed by atoms with Crippen molar-refractivity contribution in [2.75, 3.05) is 18.4 Å². The smallest absolute Gasteiger partial charge is 0.246 e. The van der Waals surface area contributed by atoms with Gasteiger partial charge in [0.05, 0.1) is 5.92 Å². The highest BCUT2D eigenvalue weighted by Gasteiger charge is 2.27. The number of carbonyl (C=O) groups excluding carboxylic acids is 2. The molecule has 2 aromatic rings. The molecule has 134 valence electrons. The molecule has 1 aliphatic rings. The predicted octanol–water partition coefficient (Wildman–Crippen LogP) is 3.72. The summed E-state index contributed by atoms with van der Waals surface area (Å²) in [7, 11) is 0. The highest BCUT2D eigenvalue weighted by atomic mass is 19.1. The molecule has 2 amide bonds. The molecule has 0 bridgehead atoms. The van der Waals surface area contributed by atoms with Crippen LogP contribution in [0.1, 0.15) is 18.4 Å². The summed E-state index contributed by atoms with van der Waals surface area (Å²) in [4.78, 5) is 26.5. The first-order valence-electron chi connectivity index (χ1n) is 8.70. The molecular weight excluding hydrogens is 331 g/mol. The van der Waals surface area contributed by atoms with Crippen LogP contribution in [0.4, 0.5) is 10.1 Å². The van der Waals surface area contributed by atoms with E-state index in [9.17, 15) is 14.0 Å². The van der Waals surface area contributed by atoms with Gasteiger partial charge in [-0.05, 0) is 48.7 Å². The number of rotatable bonds is 4. The van der Waals surface area contributed by atoms with Crippen LogP contribution in [0.3, 0.4) is 0 Å². The maximum absolute atomic E-state index is 12.9. The maximum Gasteiger partial charge on any atom is 0.246 e. The van der Waals surface area contributed by atoms with Crippen molar-refractivity contribution in [2.24, 2.45) is 5.92 Å². The lowest BCUT2D eigenvalue weighted by Gasteiger charge is -2.31. The zero-order valence-corrected chi connectivity index (χ0v) is 14.4. The minimum Gasteiger partial charge on any atom is -0.338 e. The second-order valence-corrected chi connectivity index (χ2v) is 6.36. The third kappa shape index (κ3) is 4.79. The Morgan fingerprint density at radius 2 is 1.81 bits per heavy atom. The Hall–Kier alpha value is -2.95. The Bertz CT molecular complexity index is 787. The topological polar surface area (TPSA) is 49.4 Å². The second kappa shape index (κ2) is 8.43. The number of hydrogen-bond donors (Lipinski definition) is 1. The number of para-hydroxylation sites is 1. The van der Waals surface area contributed by atoms with E-state index in [0.29, 0.717) is 13.1 Å². The van der Waals surface area contributed by atoms with Crippen LogP contribution in [0.2, 0.25) is 0 Å². The molecule has 0 radical (unpaired) electrons. The van der Waals surface area contributed by atoms with E-state index in [0.717, 1.165) is 24.1 Å². The van der Waals surface area contributed by atoms with Crippen LogP contribution in [0, 0.1) is 11.7 Å². The Balaban J connectivity index is 1.57. The van der Waals surface area contributed by atoms with E-state index < -0.39 is 0 Å². The number of carbonyl (C=O) groups is 2. The van der Waals surface area contributed by atoms with Gasteiger partial charge < -0.3 is 10.2 Å².